The summed E-state index contributed by atoms with van der Waals surface area (Å²) < 4.78 is 5.55. The summed E-state index contributed by atoms with van der Waals surface area (Å²) in [7, 11) is 0. The first kappa shape index (κ1) is 15.0. The van der Waals surface area contributed by atoms with Gasteiger partial charge in [-0.25, -0.2) is 0 Å². The normalized spacial score (nSPS) is 29.2. The Balaban J connectivity index is 1.76. The van der Waals surface area contributed by atoms with Crippen molar-refractivity contribution >= 4 is 0 Å². The van der Waals surface area contributed by atoms with Crippen LogP contribution >= 0.6 is 0 Å². The van der Waals surface area contributed by atoms with Gasteiger partial charge in [0.15, 0.2) is 0 Å². The first-order valence-electron chi connectivity index (χ1n) is 8.45. The average Bonchev–Trinajstić information content (AvgIpc) is 2.58. The lowest BCUT2D eigenvalue weighted by Crippen LogP contribution is -2.42. The van der Waals surface area contributed by atoms with Crippen molar-refractivity contribution in [3.05, 3.63) is 35.9 Å². The lowest BCUT2D eigenvalue weighted by atomic mass is 9.76. The van der Waals surface area contributed by atoms with Gasteiger partial charge in [0.1, 0.15) is 0 Å². The predicted octanol–water partition coefficient (Wildman–Crippen LogP) is 2.83. The molecule has 0 spiro atoms. The molecule has 1 aliphatic heterocycles. The molecule has 1 saturated heterocycles. The molecule has 0 amide bonds. The fourth-order valence-corrected chi connectivity index (χ4v) is 4.03. The molecule has 2 N–H and O–H groups in total. The Morgan fingerprint density at radius 2 is 1.71 bits per heavy atom. The van der Waals surface area contributed by atoms with E-state index in [1.165, 1.54) is 31.2 Å². The van der Waals surface area contributed by atoms with Crippen molar-refractivity contribution in [2.75, 3.05) is 32.8 Å². The van der Waals surface area contributed by atoms with Crippen LogP contribution in [0.25, 0.3) is 0 Å². The predicted molar refractivity (Wildman–Crippen MR) is 86.1 cm³/mol. The molecule has 1 heterocycles. The Labute approximate surface area is 128 Å². The van der Waals surface area contributed by atoms with E-state index in [2.05, 4.69) is 35.2 Å². The van der Waals surface area contributed by atoms with E-state index in [9.17, 15) is 0 Å². The maximum Gasteiger partial charge on any atom is 0.0594 e. The van der Waals surface area contributed by atoms with Crippen LogP contribution in [0.15, 0.2) is 30.3 Å². The maximum atomic E-state index is 5.85. The van der Waals surface area contributed by atoms with E-state index < -0.39 is 0 Å². The number of benzene rings is 1. The molecule has 1 atom stereocenters. The summed E-state index contributed by atoms with van der Waals surface area (Å²) in [4.78, 5) is 2.65. The lowest BCUT2D eigenvalue weighted by molar-refractivity contribution is -0.00512. The minimum Gasteiger partial charge on any atom is -0.379 e. The summed E-state index contributed by atoms with van der Waals surface area (Å²) in [5.41, 5.74) is 7.33. The Hall–Kier alpha value is -0.900. The first-order valence-corrected chi connectivity index (χ1v) is 8.45. The standard InChI is InChI=1S/C18H28N2O/c19-14-15-6-8-17(9-7-15)18(16-4-2-1-3-5-16)20-10-12-21-13-11-20/h1-5,15,17-18H,6-14,19H2. The summed E-state index contributed by atoms with van der Waals surface area (Å²) >= 11 is 0. The van der Waals surface area contributed by atoms with E-state index in [-0.39, 0.29) is 0 Å². The minimum absolute atomic E-state index is 0.564. The second-order valence-electron chi connectivity index (χ2n) is 6.52. The molecule has 1 aromatic carbocycles. The van der Waals surface area contributed by atoms with E-state index >= 15 is 0 Å². The zero-order valence-corrected chi connectivity index (χ0v) is 12.9. The largest absolute Gasteiger partial charge is 0.379 e. The average molecular weight is 288 g/mol. The molecule has 1 aromatic rings. The summed E-state index contributed by atoms with van der Waals surface area (Å²) in [5.74, 6) is 1.52. The fraction of sp³-hybridized carbons (Fsp3) is 0.667. The quantitative estimate of drug-likeness (QED) is 0.926. The van der Waals surface area contributed by atoms with Gasteiger partial charge in [0, 0.05) is 19.1 Å². The molecule has 1 saturated carbocycles. The third-order valence-corrected chi connectivity index (χ3v) is 5.25. The van der Waals surface area contributed by atoms with E-state index in [1.54, 1.807) is 0 Å². The highest BCUT2D eigenvalue weighted by Gasteiger charge is 2.32. The summed E-state index contributed by atoms with van der Waals surface area (Å²) in [6.45, 7) is 4.75. The molecule has 1 unspecified atom stereocenters. The number of nitrogens with two attached hydrogens (primary N) is 1. The number of rotatable bonds is 4. The zero-order valence-electron chi connectivity index (χ0n) is 12.9. The van der Waals surface area contributed by atoms with Gasteiger partial charge in [-0.15, -0.1) is 0 Å². The highest BCUT2D eigenvalue weighted by Crippen LogP contribution is 2.40. The van der Waals surface area contributed by atoms with Crippen LogP contribution < -0.4 is 5.73 Å². The van der Waals surface area contributed by atoms with Gasteiger partial charge in [0.05, 0.1) is 13.2 Å². The maximum absolute atomic E-state index is 5.85. The van der Waals surface area contributed by atoms with Crippen LogP contribution in [0.4, 0.5) is 0 Å². The van der Waals surface area contributed by atoms with Crippen molar-refractivity contribution in [1.82, 2.24) is 4.90 Å². The third kappa shape index (κ3) is 3.65. The van der Waals surface area contributed by atoms with Crippen LogP contribution in [0.3, 0.4) is 0 Å². The molecule has 3 nitrogen and oxygen atoms in total. The molecule has 1 aliphatic carbocycles. The van der Waals surface area contributed by atoms with Crippen molar-refractivity contribution in [2.45, 2.75) is 31.7 Å². The number of hydrogen-bond acceptors (Lipinski definition) is 3. The molecule has 0 radical (unpaired) electrons. The van der Waals surface area contributed by atoms with Crippen LogP contribution in [-0.4, -0.2) is 37.7 Å². The van der Waals surface area contributed by atoms with Crippen LogP contribution in [-0.2, 0) is 4.74 Å². The number of nitrogens with zero attached hydrogens (tertiary/aromatic N) is 1. The van der Waals surface area contributed by atoms with Crippen molar-refractivity contribution in [2.24, 2.45) is 17.6 Å². The van der Waals surface area contributed by atoms with Crippen LogP contribution in [0, 0.1) is 11.8 Å². The topological polar surface area (TPSA) is 38.5 Å². The lowest BCUT2D eigenvalue weighted by Gasteiger charge is -2.42. The van der Waals surface area contributed by atoms with E-state index in [0.29, 0.717) is 6.04 Å². The van der Waals surface area contributed by atoms with Crippen molar-refractivity contribution in [3.8, 4) is 0 Å². The van der Waals surface area contributed by atoms with Crippen LogP contribution in [0.2, 0.25) is 0 Å². The number of hydrogen-bond donors (Lipinski definition) is 1. The molecule has 0 bridgehead atoms. The molecule has 2 aliphatic rings. The molecule has 2 fully saturated rings. The Bertz CT molecular complexity index is 408. The molecule has 3 heteroatoms. The second-order valence-corrected chi connectivity index (χ2v) is 6.52. The van der Waals surface area contributed by atoms with Gasteiger partial charge in [-0.2, -0.15) is 0 Å². The van der Waals surface area contributed by atoms with Crippen molar-refractivity contribution in [3.63, 3.8) is 0 Å². The van der Waals surface area contributed by atoms with Crippen molar-refractivity contribution in [1.29, 1.82) is 0 Å². The minimum atomic E-state index is 0.564. The Morgan fingerprint density at radius 1 is 1.05 bits per heavy atom. The van der Waals surface area contributed by atoms with Crippen LogP contribution in [0.5, 0.6) is 0 Å². The highest BCUT2D eigenvalue weighted by molar-refractivity contribution is 5.20. The van der Waals surface area contributed by atoms with Gasteiger partial charge in [-0.3, -0.25) is 4.90 Å². The van der Waals surface area contributed by atoms with Gasteiger partial charge in [-0.1, -0.05) is 30.3 Å². The van der Waals surface area contributed by atoms with Gasteiger partial charge < -0.3 is 10.5 Å². The fourth-order valence-electron chi connectivity index (χ4n) is 4.03. The molecule has 0 aromatic heterocycles. The second kappa shape index (κ2) is 7.39. The SMILES string of the molecule is NCC1CCC(C(c2ccccc2)N2CCOCC2)CC1. The van der Waals surface area contributed by atoms with Gasteiger partial charge in [0.25, 0.3) is 0 Å². The summed E-state index contributed by atoms with van der Waals surface area (Å²) in [6, 6.07) is 11.6. The monoisotopic (exact) mass is 288 g/mol. The van der Waals surface area contributed by atoms with E-state index in [4.69, 9.17) is 10.5 Å². The number of morpholine rings is 1. The van der Waals surface area contributed by atoms with E-state index in [0.717, 1.165) is 44.7 Å². The number of ether oxygens (including phenoxy) is 1. The summed E-state index contributed by atoms with van der Waals surface area (Å²) in [5, 5.41) is 0. The molecule has 3 rings (SSSR count). The van der Waals surface area contributed by atoms with Gasteiger partial charge in [0.2, 0.25) is 0 Å². The molecule has 116 valence electrons. The van der Waals surface area contributed by atoms with E-state index in [1.807, 2.05) is 0 Å². The third-order valence-electron chi connectivity index (χ3n) is 5.25. The smallest absolute Gasteiger partial charge is 0.0594 e. The highest BCUT2D eigenvalue weighted by atomic mass is 16.5. The Kier molecular flexibility index (Phi) is 5.28. The first-order chi connectivity index (χ1) is 10.4. The van der Waals surface area contributed by atoms with Gasteiger partial charge >= 0.3 is 0 Å². The Morgan fingerprint density at radius 3 is 2.33 bits per heavy atom. The molecule has 21 heavy (non-hydrogen) atoms. The zero-order chi connectivity index (χ0) is 14.5. The summed E-state index contributed by atoms with van der Waals surface area (Å²) in [6.07, 6.45) is 5.24. The molecular formula is C18H28N2O. The molecular weight excluding hydrogens is 260 g/mol. The van der Waals surface area contributed by atoms with Gasteiger partial charge in [-0.05, 0) is 49.6 Å². The van der Waals surface area contributed by atoms with Crippen molar-refractivity contribution < 1.29 is 4.74 Å². The van der Waals surface area contributed by atoms with Crippen LogP contribution in [0.1, 0.15) is 37.3 Å².